The van der Waals surface area contributed by atoms with Crippen LogP contribution in [-0.4, -0.2) is 10.7 Å². The topological polar surface area (TPSA) is 20.2 Å². The van der Waals surface area contributed by atoms with Crippen molar-refractivity contribution in [1.29, 1.82) is 0 Å². The van der Waals surface area contributed by atoms with Crippen molar-refractivity contribution in [2.75, 3.05) is 0 Å². The van der Waals surface area contributed by atoms with Crippen molar-refractivity contribution in [3.8, 4) is 0 Å². The molecule has 0 radical (unpaired) electrons. The SMILES string of the molecule is CC1=C[C@@H]2C[C@](C)(O)C[C@H](C)[C@@H]2[C@@H](C)CC1. The van der Waals surface area contributed by atoms with E-state index < -0.39 is 5.60 Å². The van der Waals surface area contributed by atoms with Gasteiger partial charge in [0.1, 0.15) is 0 Å². The number of aliphatic hydroxyl groups is 1. The van der Waals surface area contributed by atoms with Crippen molar-refractivity contribution in [1.82, 2.24) is 0 Å². The van der Waals surface area contributed by atoms with E-state index >= 15 is 0 Å². The Labute approximate surface area is 99.9 Å². The van der Waals surface area contributed by atoms with E-state index in [1.165, 1.54) is 18.4 Å². The summed E-state index contributed by atoms with van der Waals surface area (Å²) < 4.78 is 0. The lowest BCUT2D eigenvalue weighted by Gasteiger charge is -2.45. The Bertz CT molecular complexity index is 290. The predicted octanol–water partition coefficient (Wildman–Crippen LogP) is 3.78. The summed E-state index contributed by atoms with van der Waals surface area (Å²) in [6, 6.07) is 0. The second-order valence-corrected chi connectivity index (χ2v) is 6.65. The van der Waals surface area contributed by atoms with Crippen LogP contribution in [0.25, 0.3) is 0 Å². The van der Waals surface area contributed by atoms with Gasteiger partial charge < -0.3 is 5.11 Å². The summed E-state index contributed by atoms with van der Waals surface area (Å²) in [6.07, 6.45) is 6.98. The van der Waals surface area contributed by atoms with Crippen LogP contribution in [0.4, 0.5) is 0 Å². The Morgan fingerprint density at radius 2 is 1.94 bits per heavy atom. The third-order valence-corrected chi connectivity index (χ3v) is 4.74. The maximum absolute atomic E-state index is 10.3. The lowest BCUT2D eigenvalue weighted by Crippen LogP contribution is -2.42. The monoisotopic (exact) mass is 222 g/mol. The summed E-state index contributed by atoms with van der Waals surface area (Å²) in [5, 5.41) is 10.3. The molecule has 1 saturated carbocycles. The summed E-state index contributed by atoms with van der Waals surface area (Å²) in [5.74, 6) is 2.87. The average molecular weight is 222 g/mol. The highest BCUT2D eigenvalue weighted by atomic mass is 16.3. The molecule has 0 aromatic rings. The van der Waals surface area contributed by atoms with Gasteiger partial charge in [0.15, 0.2) is 0 Å². The molecule has 0 spiro atoms. The second-order valence-electron chi connectivity index (χ2n) is 6.65. The first-order valence-corrected chi connectivity index (χ1v) is 6.79. The van der Waals surface area contributed by atoms with Gasteiger partial charge in [-0.2, -0.15) is 0 Å². The number of rotatable bonds is 0. The van der Waals surface area contributed by atoms with Crippen LogP contribution in [0.2, 0.25) is 0 Å². The molecule has 0 saturated heterocycles. The minimum Gasteiger partial charge on any atom is -0.390 e. The normalized spacial score (nSPS) is 49.2. The number of hydrogen-bond acceptors (Lipinski definition) is 1. The van der Waals surface area contributed by atoms with Crippen molar-refractivity contribution in [3.63, 3.8) is 0 Å². The third kappa shape index (κ3) is 2.34. The zero-order valence-corrected chi connectivity index (χ0v) is 11.2. The van der Waals surface area contributed by atoms with Gasteiger partial charge in [-0.25, -0.2) is 0 Å². The van der Waals surface area contributed by atoms with Gasteiger partial charge in [0.2, 0.25) is 0 Å². The molecule has 0 amide bonds. The molecular formula is C15H26O. The molecular weight excluding hydrogens is 196 g/mol. The van der Waals surface area contributed by atoms with Gasteiger partial charge in [0, 0.05) is 0 Å². The molecule has 2 aliphatic carbocycles. The highest BCUT2D eigenvalue weighted by molar-refractivity contribution is 5.10. The van der Waals surface area contributed by atoms with E-state index in [9.17, 15) is 5.11 Å². The van der Waals surface area contributed by atoms with Crippen LogP contribution < -0.4 is 0 Å². The van der Waals surface area contributed by atoms with E-state index in [-0.39, 0.29) is 0 Å². The van der Waals surface area contributed by atoms with Crippen LogP contribution in [0.1, 0.15) is 53.4 Å². The quantitative estimate of drug-likeness (QED) is 0.618. The second kappa shape index (κ2) is 4.18. The molecule has 1 N–H and O–H groups in total. The third-order valence-electron chi connectivity index (χ3n) is 4.74. The molecule has 0 bridgehead atoms. The maximum Gasteiger partial charge on any atom is 0.0628 e. The van der Waals surface area contributed by atoms with Gasteiger partial charge in [-0.05, 0) is 63.2 Å². The summed E-state index contributed by atoms with van der Waals surface area (Å²) >= 11 is 0. The molecule has 0 aromatic carbocycles. The summed E-state index contributed by atoms with van der Waals surface area (Å²) in [4.78, 5) is 0. The molecule has 0 aliphatic heterocycles. The number of hydrogen-bond donors (Lipinski definition) is 1. The van der Waals surface area contributed by atoms with Crippen molar-refractivity contribution in [3.05, 3.63) is 11.6 Å². The highest BCUT2D eigenvalue weighted by Crippen LogP contribution is 2.47. The predicted molar refractivity (Wildman–Crippen MR) is 68.2 cm³/mol. The first kappa shape index (κ1) is 12.2. The molecule has 2 rings (SSSR count). The van der Waals surface area contributed by atoms with Crippen molar-refractivity contribution in [2.45, 2.75) is 59.0 Å². The van der Waals surface area contributed by atoms with Crippen LogP contribution in [-0.2, 0) is 0 Å². The van der Waals surface area contributed by atoms with Crippen LogP contribution in [0, 0.1) is 23.7 Å². The minimum absolute atomic E-state index is 0.443. The molecule has 1 heteroatoms. The molecule has 16 heavy (non-hydrogen) atoms. The number of fused-ring (bicyclic) bond motifs is 1. The molecule has 0 heterocycles. The van der Waals surface area contributed by atoms with E-state index in [2.05, 4.69) is 26.8 Å². The molecule has 0 unspecified atom stereocenters. The first-order chi connectivity index (χ1) is 7.39. The Morgan fingerprint density at radius 1 is 1.25 bits per heavy atom. The molecule has 92 valence electrons. The van der Waals surface area contributed by atoms with Gasteiger partial charge in [0.25, 0.3) is 0 Å². The van der Waals surface area contributed by atoms with Crippen molar-refractivity contribution in [2.24, 2.45) is 23.7 Å². The summed E-state index contributed by atoms with van der Waals surface area (Å²) in [7, 11) is 0. The molecule has 5 atom stereocenters. The van der Waals surface area contributed by atoms with Crippen molar-refractivity contribution < 1.29 is 5.11 Å². The fourth-order valence-corrected chi connectivity index (χ4v) is 4.23. The van der Waals surface area contributed by atoms with Crippen LogP contribution in [0.3, 0.4) is 0 Å². The minimum atomic E-state index is -0.443. The fourth-order valence-electron chi connectivity index (χ4n) is 4.23. The zero-order chi connectivity index (χ0) is 11.9. The molecule has 1 fully saturated rings. The summed E-state index contributed by atoms with van der Waals surface area (Å²) in [6.45, 7) is 9.00. The Morgan fingerprint density at radius 3 is 2.62 bits per heavy atom. The van der Waals surface area contributed by atoms with E-state index in [0.29, 0.717) is 11.8 Å². The van der Waals surface area contributed by atoms with Crippen LogP contribution in [0.15, 0.2) is 11.6 Å². The first-order valence-electron chi connectivity index (χ1n) is 6.79. The van der Waals surface area contributed by atoms with Gasteiger partial charge in [-0.15, -0.1) is 0 Å². The summed E-state index contributed by atoms with van der Waals surface area (Å²) in [5.41, 5.74) is 1.09. The molecule has 0 aromatic heterocycles. The van der Waals surface area contributed by atoms with E-state index in [1.807, 2.05) is 6.92 Å². The van der Waals surface area contributed by atoms with Crippen molar-refractivity contribution >= 4 is 0 Å². The van der Waals surface area contributed by atoms with Gasteiger partial charge in [-0.3, -0.25) is 0 Å². The van der Waals surface area contributed by atoms with Gasteiger partial charge in [0.05, 0.1) is 5.60 Å². The van der Waals surface area contributed by atoms with E-state index in [4.69, 9.17) is 0 Å². The molecule has 1 nitrogen and oxygen atoms in total. The number of allylic oxidation sites excluding steroid dienone is 2. The molecule has 2 aliphatic rings. The van der Waals surface area contributed by atoms with Crippen LogP contribution in [0.5, 0.6) is 0 Å². The highest BCUT2D eigenvalue weighted by Gasteiger charge is 2.42. The van der Waals surface area contributed by atoms with Gasteiger partial charge in [-0.1, -0.05) is 25.5 Å². The maximum atomic E-state index is 10.3. The lowest BCUT2D eigenvalue weighted by atomic mass is 9.63. The van der Waals surface area contributed by atoms with Gasteiger partial charge >= 0.3 is 0 Å². The lowest BCUT2D eigenvalue weighted by molar-refractivity contribution is -0.0458. The Hall–Kier alpha value is -0.300. The smallest absolute Gasteiger partial charge is 0.0628 e. The van der Waals surface area contributed by atoms with E-state index in [0.717, 1.165) is 24.7 Å². The van der Waals surface area contributed by atoms with Crippen LogP contribution >= 0.6 is 0 Å². The zero-order valence-electron chi connectivity index (χ0n) is 11.2. The fraction of sp³-hybridized carbons (Fsp3) is 0.867. The van der Waals surface area contributed by atoms with E-state index in [1.54, 1.807) is 0 Å². The largest absolute Gasteiger partial charge is 0.390 e. The Balaban J connectivity index is 2.26. The Kier molecular flexibility index (Phi) is 3.18. The average Bonchev–Trinajstić information content (AvgIpc) is 2.23. The standard InChI is InChI=1S/C15H26O/c1-10-5-6-11(2)14-12(3)8-15(4,16)9-13(14)7-10/h7,11-14,16H,5-6,8-9H2,1-4H3/t11-,12-,13+,14-,15+/m0/s1.